The normalized spacial score (nSPS) is 16.4. The SMILES string of the molecule is CNc1cc(F)cc2c1[nH]c1nc(Oc3cnc4cccnc4c3)nc(N3CCCC(N)C3)c12. The van der Waals surface area contributed by atoms with Crippen LogP contribution in [0.2, 0.25) is 0 Å². The standard InChI is InChI=1S/C24H23FN8O/c1-27-19-9-13(25)8-16-20-22(30-21(16)19)31-24(32-23(20)33-7-3-4-14(26)12-33)34-15-10-18-17(29-11-15)5-2-6-28-18/h2,5-6,8-11,14,27H,3-4,7,12,26H2,1H3,(H,30,31,32). The maximum absolute atomic E-state index is 14.5. The van der Waals surface area contributed by atoms with Crippen LogP contribution in [-0.2, 0) is 0 Å². The first-order valence-corrected chi connectivity index (χ1v) is 11.2. The van der Waals surface area contributed by atoms with Crippen LogP contribution in [0.15, 0.2) is 42.7 Å². The maximum atomic E-state index is 14.5. The lowest BCUT2D eigenvalue weighted by Gasteiger charge is -2.32. The van der Waals surface area contributed by atoms with E-state index < -0.39 is 0 Å². The molecule has 0 bridgehead atoms. The lowest BCUT2D eigenvalue weighted by molar-refractivity contribution is 0.440. The molecular formula is C24H23FN8O. The van der Waals surface area contributed by atoms with Crippen molar-refractivity contribution in [2.75, 3.05) is 30.4 Å². The molecule has 10 heteroatoms. The number of aromatic nitrogens is 5. The Labute approximate surface area is 194 Å². The molecule has 1 aliphatic heterocycles. The number of halogens is 1. The van der Waals surface area contributed by atoms with Crippen molar-refractivity contribution >= 4 is 44.5 Å². The van der Waals surface area contributed by atoms with E-state index in [9.17, 15) is 4.39 Å². The zero-order valence-electron chi connectivity index (χ0n) is 18.5. The lowest BCUT2D eigenvalue weighted by atomic mass is 10.1. The number of anilines is 2. The van der Waals surface area contributed by atoms with Gasteiger partial charge >= 0.3 is 6.01 Å². The third-order valence-electron chi connectivity index (χ3n) is 6.15. The van der Waals surface area contributed by atoms with Crippen LogP contribution in [0.3, 0.4) is 0 Å². The molecular weight excluding hydrogens is 435 g/mol. The second-order valence-electron chi connectivity index (χ2n) is 8.47. The predicted molar refractivity (Wildman–Crippen MR) is 130 cm³/mol. The highest BCUT2D eigenvalue weighted by Crippen LogP contribution is 2.38. The van der Waals surface area contributed by atoms with Crippen molar-refractivity contribution < 1.29 is 9.13 Å². The van der Waals surface area contributed by atoms with Gasteiger partial charge in [-0.15, -0.1) is 0 Å². The van der Waals surface area contributed by atoms with Crippen LogP contribution in [-0.4, -0.2) is 51.1 Å². The number of benzene rings is 1. The lowest BCUT2D eigenvalue weighted by Crippen LogP contribution is -2.43. The van der Waals surface area contributed by atoms with E-state index in [0.29, 0.717) is 40.3 Å². The van der Waals surface area contributed by atoms with E-state index in [2.05, 4.69) is 30.2 Å². The van der Waals surface area contributed by atoms with Gasteiger partial charge in [0.05, 0.1) is 33.8 Å². The molecule has 6 rings (SSSR count). The summed E-state index contributed by atoms with van der Waals surface area (Å²) in [6, 6.07) is 8.67. The van der Waals surface area contributed by atoms with Gasteiger partial charge in [0, 0.05) is 43.8 Å². The Morgan fingerprint density at radius 2 is 2.12 bits per heavy atom. The second-order valence-corrected chi connectivity index (χ2v) is 8.47. The summed E-state index contributed by atoms with van der Waals surface area (Å²) >= 11 is 0. The molecule has 1 saturated heterocycles. The summed E-state index contributed by atoms with van der Waals surface area (Å²) in [7, 11) is 1.76. The van der Waals surface area contributed by atoms with Crippen LogP contribution >= 0.6 is 0 Å². The minimum absolute atomic E-state index is 0.0358. The van der Waals surface area contributed by atoms with Gasteiger partial charge in [0.25, 0.3) is 0 Å². The second kappa shape index (κ2) is 8.07. The summed E-state index contributed by atoms with van der Waals surface area (Å²) in [5.74, 6) is 0.806. The smallest absolute Gasteiger partial charge is 0.326 e. The van der Waals surface area contributed by atoms with E-state index >= 15 is 0 Å². The van der Waals surface area contributed by atoms with Crippen molar-refractivity contribution in [1.82, 2.24) is 24.9 Å². The fraction of sp³-hybridized carbons (Fsp3) is 0.250. The van der Waals surface area contributed by atoms with Gasteiger partial charge in [-0.3, -0.25) is 9.97 Å². The van der Waals surface area contributed by atoms with Gasteiger partial charge in [-0.05, 0) is 37.1 Å². The largest absolute Gasteiger partial charge is 0.422 e. The van der Waals surface area contributed by atoms with Crippen molar-refractivity contribution in [2.45, 2.75) is 18.9 Å². The van der Waals surface area contributed by atoms with Gasteiger partial charge in [-0.1, -0.05) is 0 Å². The van der Waals surface area contributed by atoms with Gasteiger partial charge < -0.3 is 25.7 Å². The molecule has 4 aromatic heterocycles. The first kappa shape index (κ1) is 20.5. The molecule has 1 atom stereocenters. The van der Waals surface area contributed by atoms with Crippen molar-refractivity contribution in [1.29, 1.82) is 0 Å². The number of hydrogen-bond acceptors (Lipinski definition) is 8. The Kier molecular flexibility index (Phi) is 4.88. The molecule has 34 heavy (non-hydrogen) atoms. The highest BCUT2D eigenvalue weighted by molar-refractivity contribution is 6.14. The monoisotopic (exact) mass is 458 g/mol. The molecule has 4 N–H and O–H groups in total. The Hall–Kier alpha value is -4.05. The van der Waals surface area contributed by atoms with E-state index in [-0.39, 0.29) is 17.9 Å². The van der Waals surface area contributed by atoms with Crippen LogP contribution in [0.5, 0.6) is 11.8 Å². The van der Waals surface area contributed by atoms with Gasteiger partial charge in [0.15, 0.2) is 5.75 Å². The minimum atomic E-state index is -0.339. The van der Waals surface area contributed by atoms with Crippen LogP contribution in [0.4, 0.5) is 15.9 Å². The molecule has 0 radical (unpaired) electrons. The summed E-state index contributed by atoms with van der Waals surface area (Å²) in [5.41, 5.74) is 9.70. The third-order valence-corrected chi connectivity index (χ3v) is 6.15. The van der Waals surface area contributed by atoms with Crippen LogP contribution in [0, 0.1) is 5.82 Å². The van der Waals surface area contributed by atoms with E-state index in [1.54, 1.807) is 25.5 Å². The number of nitrogens with two attached hydrogens (primary N) is 1. The molecule has 172 valence electrons. The number of piperidine rings is 1. The summed E-state index contributed by atoms with van der Waals surface area (Å²) in [6.07, 6.45) is 5.22. The average molecular weight is 459 g/mol. The molecule has 0 saturated carbocycles. The fourth-order valence-electron chi connectivity index (χ4n) is 4.59. The first-order chi connectivity index (χ1) is 16.6. The third kappa shape index (κ3) is 3.52. The van der Waals surface area contributed by atoms with Gasteiger partial charge in [0.1, 0.15) is 17.3 Å². The number of fused-ring (bicyclic) bond motifs is 4. The van der Waals surface area contributed by atoms with Gasteiger partial charge in [-0.2, -0.15) is 9.97 Å². The minimum Gasteiger partial charge on any atom is -0.422 e. The number of rotatable bonds is 4. The summed E-state index contributed by atoms with van der Waals surface area (Å²) in [5, 5.41) is 4.50. The molecule has 1 fully saturated rings. The molecule has 1 aliphatic rings. The van der Waals surface area contributed by atoms with Crippen LogP contribution < -0.4 is 20.7 Å². The number of nitrogens with one attached hydrogen (secondary N) is 2. The van der Waals surface area contributed by atoms with Crippen LogP contribution in [0.25, 0.3) is 33.0 Å². The molecule has 0 spiro atoms. The van der Waals surface area contributed by atoms with Crippen LogP contribution in [0.1, 0.15) is 12.8 Å². The number of pyridine rings is 2. The number of nitrogens with zero attached hydrogens (tertiary/aromatic N) is 5. The average Bonchev–Trinajstić information content (AvgIpc) is 3.21. The molecule has 1 aromatic carbocycles. The Morgan fingerprint density at radius 1 is 1.21 bits per heavy atom. The number of ether oxygens (including phenoxy) is 1. The maximum Gasteiger partial charge on any atom is 0.326 e. The Balaban J connectivity index is 1.53. The highest BCUT2D eigenvalue weighted by Gasteiger charge is 2.25. The molecule has 5 heterocycles. The van der Waals surface area contributed by atoms with Gasteiger partial charge in [-0.25, -0.2) is 4.39 Å². The number of H-pyrrole nitrogens is 1. The summed E-state index contributed by atoms with van der Waals surface area (Å²) in [4.78, 5) is 23.6. The Morgan fingerprint density at radius 3 is 2.97 bits per heavy atom. The van der Waals surface area contributed by atoms with E-state index in [1.165, 1.54) is 12.1 Å². The van der Waals surface area contributed by atoms with E-state index in [0.717, 1.165) is 35.8 Å². The predicted octanol–water partition coefficient (Wildman–Crippen LogP) is 3.95. The first-order valence-electron chi connectivity index (χ1n) is 11.2. The zero-order chi connectivity index (χ0) is 23.2. The summed E-state index contributed by atoms with van der Waals surface area (Å²) in [6.45, 7) is 1.44. The van der Waals surface area contributed by atoms with Crippen molar-refractivity contribution in [2.24, 2.45) is 5.73 Å². The summed E-state index contributed by atoms with van der Waals surface area (Å²) < 4.78 is 20.5. The molecule has 9 nitrogen and oxygen atoms in total. The molecule has 0 aliphatic carbocycles. The van der Waals surface area contributed by atoms with E-state index in [1.807, 2.05) is 12.1 Å². The van der Waals surface area contributed by atoms with Crippen molar-refractivity contribution in [3.63, 3.8) is 0 Å². The fourth-order valence-corrected chi connectivity index (χ4v) is 4.59. The number of aromatic amines is 1. The molecule has 0 amide bonds. The zero-order valence-corrected chi connectivity index (χ0v) is 18.5. The van der Waals surface area contributed by atoms with Crippen molar-refractivity contribution in [3.8, 4) is 11.8 Å². The highest BCUT2D eigenvalue weighted by atomic mass is 19.1. The van der Waals surface area contributed by atoms with E-state index in [4.69, 9.17) is 15.5 Å². The van der Waals surface area contributed by atoms with Crippen molar-refractivity contribution in [3.05, 3.63) is 48.5 Å². The Bertz CT molecular complexity index is 1530. The number of hydrogen-bond donors (Lipinski definition) is 3. The quantitative estimate of drug-likeness (QED) is 0.370. The topological polar surface area (TPSA) is 118 Å². The molecule has 5 aromatic rings. The molecule has 1 unspecified atom stereocenters. The van der Waals surface area contributed by atoms with Gasteiger partial charge in [0.2, 0.25) is 0 Å².